The first-order valence-electron chi connectivity index (χ1n) is 9.84. The molecule has 0 fully saturated rings. The molecule has 2 heteroatoms. The number of unbranched alkanes of at least 4 members (excludes halogenated alkanes) is 14. The summed E-state index contributed by atoms with van der Waals surface area (Å²) < 4.78 is 0. The van der Waals surface area contributed by atoms with Gasteiger partial charge in [-0.15, -0.1) is 0 Å². The number of rotatable bonds is 19. The summed E-state index contributed by atoms with van der Waals surface area (Å²) in [4.78, 5) is 10.0. The number of hydrogen-bond donors (Lipinski definition) is 0. The summed E-state index contributed by atoms with van der Waals surface area (Å²) in [6, 6.07) is 0. The third-order valence-electron chi connectivity index (χ3n) is 4.21. The van der Waals surface area contributed by atoms with Crippen LogP contribution in [0.4, 0.5) is 0 Å². The minimum absolute atomic E-state index is 0.617. The van der Waals surface area contributed by atoms with Crippen LogP contribution in [0.2, 0.25) is 0 Å². The molecule has 0 N–H and O–H groups in total. The number of thioether (sulfide) groups is 1. The second-order valence-electron chi connectivity index (χ2n) is 6.46. The van der Waals surface area contributed by atoms with E-state index in [1.807, 2.05) is 18.0 Å². The smallest absolute Gasteiger partial charge is 0.198 e. The summed E-state index contributed by atoms with van der Waals surface area (Å²) in [5.74, 6) is 2.41. The normalized spacial score (nSPS) is 11.0. The van der Waals surface area contributed by atoms with Gasteiger partial charge >= 0.3 is 0 Å². The van der Waals surface area contributed by atoms with E-state index in [0.29, 0.717) is 6.42 Å². The van der Waals surface area contributed by atoms with E-state index < -0.39 is 0 Å². The molecule has 0 amide bonds. The second-order valence-corrected chi connectivity index (χ2v) is 7.68. The molecule has 0 aliphatic rings. The van der Waals surface area contributed by atoms with Crippen molar-refractivity contribution in [1.29, 1.82) is 0 Å². The Morgan fingerprint density at radius 2 is 1.00 bits per heavy atom. The van der Waals surface area contributed by atoms with Crippen molar-refractivity contribution in [3.63, 3.8) is 0 Å². The van der Waals surface area contributed by atoms with Gasteiger partial charge < -0.3 is 0 Å². The minimum atomic E-state index is 0.617. The van der Waals surface area contributed by atoms with Crippen molar-refractivity contribution >= 4 is 18.0 Å². The molecule has 1 radical (unpaired) electrons. The van der Waals surface area contributed by atoms with Gasteiger partial charge in [-0.1, -0.05) is 90.4 Å². The molecule has 0 rings (SSSR count). The summed E-state index contributed by atoms with van der Waals surface area (Å²) in [5.41, 5.74) is 0. The first kappa shape index (κ1) is 22.0. The van der Waals surface area contributed by atoms with Crippen LogP contribution in [0.25, 0.3) is 0 Å². The highest BCUT2D eigenvalue weighted by atomic mass is 32.2. The third kappa shape index (κ3) is 20.0. The van der Waals surface area contributed by atoms with E-state index in [1.54, 1.807) is 0 Å². The lowest BCUT2D eigenvalue weighted by Crippen LogP contribution is -1.86. The van der Waals surface area contributed by atoms with Crippen LogP contribution < -0.4 is 0 Å². The summed E-state index contributed by atoms with van der Waals surface area (Å²) in [7, 11) is 0. The first-order valence-corrected chi connectivity index (χ1v) is 11.0. The highest BCUT2D eigenvalue weighted by molar-refractivity contribution is 7.99. The van der Waals surface area contributed by atoms with E-state index >= 15 is 0 Å². The van der Waals surface area contributed by atoms with E-state index in [1.165, 1.54) is 95.6 Å². The summed E-state index contributed by atoms with van der Waals surface area (Å²) in [6.45, 7) is 2.29. The van der Waals surface area contributed by atoms with Crippen molar-refractivity contribution in [2.24, 2.45) is 0 Å². The Kier molecular flexibility index (Phi) is 21.0. The molecule has 1 nitrogen and oxygen atoms in total. The Bertz CT molecular complexity index is 206. The highest BCUT2D eigenvalue weighted by Gasteiger charge is 1.95. The average Bonchev–Trinajstić information content (AvgIpc) is 2.54. The van der Waals surface area contributed by atoms with Crippen LogP contribution in [0.5, 0.6) is 0 Å². The van der Waals surface area contributed by atoms with E-state index in [9.17, 15) is 4.79 Å². The second kappa shape index (κ2) is 21.0. The molecule has 0 aliphatic heterocycles. The molecule has 0 heterocycles. The lowest BCUT2D eigenvalue weighted by atomic mass is 10.0. The molecule has 0 aromatic rings. The van der Waals surface area contributed by atoms with Crippen LogP contribution in [-0.4, -0.2) is 17.8 Å². The molecule has 0 unspecified atom stereocenters. The van der Waals surface area contributed by atoms with Gasteiger partial charge in [0.25, 0.3) is 0 Å². The molecule has 0 atom stereocenters. The zero-order chi connectivity index (χ0) is 16.1. The fraction of sp³-hybridized carbons (Fsp3) is 0.950. The Morgan fingerprint density at radius 3 is 1.45 bits per heavy atom. The van der Waals surface area contributed by atoms with Gasteiger partial charge in [-0.3, -0.25) is 4.79 Å². The molecule has 0 spiro atoms. The minimum Gasteiger partial charge on any atom is -0.291 e. The van der Waals surface area contributed by atoms with E-state index in [4.69, 9.17) is 0 Å². The number of carbonyl (C=O) groups excluding carboxylic acids is 1. The standard InChI is InChI=1S/C20H39OS/c1-2-3-4-5-6-7-8-9-10-11-12-13-14-16-19-22-20-17-15-18-21/h2-17,19-20H2,1H3. The molecule has 131 valence electrons. The van der Waals surface area contributed by atoms with Crippen molar-refractivity contribution in [2.75, 3.05) is 11.5 Å². The van der Waals surface area contributed by atoms with Crippen molar-refractivity contribution in [3.8, 4) is 0 Å². The zero-order valence-corrected chi connectivity index (χ0v) is 15.9. The predicted octanol–water partition coefficient (Wildman–Crippen LogP) is 7.09. The lowest BCUT2D eigenvalue weighted by Gasteiger charge is -2.03. The summed E-state index contributed by atoms with van der Waals surface area (Å²) in [6.07, 6.45) is 23.6. The van der Waals surface area contributed by atoms with Crippen LogP contribution in [0.1, 0.15) is 110 Å². The van der Waals surface area contributed by atoms with Crippen LogP contribution >= 0.6 is 11.8 Å². The van der Waals surface area contributed by atoms with Gasteiger partial charge in [-0.25, -0.2) is 0 Å². The Balaban J connectivity index is 2.92. The van der Waals surface area contributed by atoms with E-state index in [2.05, 4.69) is 6.92 Å². The quantitative estimate of drug-likeness (QED) is 0.235. The van der Waals surface area contributed by atoms with Gasteiger partial charge in [0.2, 0.25) is 0 Å². The fourth-order valence-corrected chi connectivity index (χ4v) is 3.71. The Labute approximate surface area is 144 Å². The molecule has 0 aromatic heterocycles. The SMILES string of the molecule is CCCCCCCCCCCCCCCCSCCC[C]=O. The highest BCUT2D eigenvalue weighted by Crippen LogP contribution is 2.14. The largest absolute Gasteiger partial charge is 0.291 e. The topological polar surface area (TPSA) is 17.1 Å². The molecule has 22 heavy (non-hydrogen) atoms. The fourth-order valence-electron chi connectivity index (χ4n) is 2.75. The van der Waals surface area contributed by atoms with E-state index in [0.717, 1.165) is 12.2 Å². The Hall–Kier alpha value is 0.0200. The Morgan fingerprint density at radius 1 is 0.591 bits per heavy atom. The first-order chi connectivity index (χ1) is 10.9. The maximum atomic E-state index is 10.0. The van der Waals surface area contributed by atoms with Gasteiger partial charge in [-0.2, -0.15) is 11.8 Å². The van der Waals surface area contributed by atoms with Crippen LogP contribution in [0.3, 0.4) is 0 Å². The summed E-state index contributed by atoms with van der Waals surface area (Å²) >= 11 is 2.00. The molecular weight excluding hydrogens is 288 g/mol. The van der Waals surface area contributed by atoms with Gasteiger partial charge in [0.05, 0.1) is 0 Å². The maximum absolute atomic E-state index is 10.0. The van der Waals surface area contributed by atoms with Crippen molar-refractivity contribution in [3.05, 3.63) is 0 Å². The van der Waals surface area contributed by atoms with Gasteiger partial charge in [0.1, 0.15) is 0 Å². The van der Waals surface area contributed by atoms with E-state index in [-0.39, 0.29) is 0 Å². The average molecular weight is 328 g/mol. The number of hydrogen-bond acceptors (Lipinski definition) is 2. The predicted molar refractivity (Wildman–Crippen MR) is 103 cm³/mol. The molecule has 0 bridgehead atoms. The van der Waals surface area contributed by atoms with Crippen molar-refractivity contribution in [2.45, 2.75) is 110 Å². The van der Waals surface area contributed by atoms with Crippen molar-refractivity contribution < 1.29 is 4.79 Å². The van der Waals surface area contributed by atoms with Gasteiger partial charge in [0.15, 0.2) is 6.29 Å². The molecular formula is C20H39OS. The molecule has 0 aromatic carbocycles. The third-order valence-corrected chi connectivity index (χ3v) is 5.36. The lowest BCUT2D eigenvalue weighted by molar-refractivity contribution is 0.538. The zero-order valence-electron chi connectivity index (χ0n) is 15.0. The maximum Gasteiger partial charge on any atom is 0.198 e. The molecule has 0 aliphatic carbocycles. The monoisotopic (exact) mass is 327 g/mol. The van der Waals surface area contributed by atoms with Gasteiger partial charge in [-0.05, 0) is 24.3 Å². The van der Waals surface area contributed by atoms with Gasteiger partial charge in [0, 0.05) is 6.42 Å². The summed E-state index contributed by atoms with van der Waals surface area (Å²) in [5, 5.41) is 0. The van der Waals surface area contributed by atoms with Crippen molar-refractivity contribution in [1.82, 2.24) is 0 Å². The van der Waals surface area contributed by atoms with Crippen LogP contribution in [0, 0.1) is 0 Å². The van der Waals surface area contributed by atoms with Crippen LogP contribution in [0.15, 0.2) is 0 Å². The molecule has 0 saturated carbocycles. The van der Waals surface area contributed by atoms with Crippen LogP contribution in [-0.2, 0) is 4.79 Å². The molecule has 0 saturated heterocycles.